The number of hydrogen-bond donors (Lipinski definition) is 2. The van der Waals surface area contributed by atoms with Crippen molar-refractivity contribution < 1.29 is 19.4 Å². The van der Waals surface area contributed by atoms with Gasteiger partial charge in [-0.1, -0.05) is 20.3 Å². The highest BCUT2D eigenvalue weighted by Crippen LogP contribution is 2.24. The molecule has 6 heteroatoms. The number of carboxylic acid groups (broad SMARTS) is 1. The van der Waals surface area contributed by atoms with E-state index in [1.165, 1.54) is 0 Å². The second-order valence-corrected chi connectivity index (χ2v) is 6.09. The SMILES string of the molecule is CCC(C)CC(C)NC(=O)N1CC(C)(OCC(=O)O)C1. The minimum Gasteiger partial charge on any atom is -0.480 e. The third-order valence-corrected chi connectivity index (χ3v) is 3.70. The first-order valence-electron chi connectivity index (χ1n) is 7.17. The lowest BCUT2D eigenvalue weighted by Gasteiger charge is -2.47. The van der Waals surface area contributed by atoms with Crippen LogP contribution in [0.15, 0.2) is 0 Å². The van der Waals surface area contributed by atoms with Crippen molar-refractivity contribution in [3.8, 4) is 0 Å². The Balaban J connectivity index is 2.29. The van der Waals surface area contributed by atoms with E-state index in [2.05, 4.69) is 19.2 Å². The molecule has 2 N–H and O–H groups in total. The minimum absolute atomic E-state index is 0.0998. The molecular formula is C14H26N2O4. The predicted octanol–water partition coefficient (Wildman–Crippen LogP) is 1.70. The summed E-state index contributed by atoms with van der Waals surface area (Å²) in [6.07, 6.45) is 2.06. The zero-order valence-electron chi connectivity index (χ0n) is 12.8. The summed E-state index contributed by atoms with van der Waals surface area (Å²) in [5.41, 5.74) is -0.532. The number of likely N-dealkylation sites (tertiary alicyclic amines) is 1. The van der Waals surface area contributed by atoms with Gasteiger partial charge in [0, 0.05) is 6.04 Å². The molecule has 1 aliphatic heterocycles. The lowest BCUT2D eigenvalue weighted by molar-refractivity contribution is -0.159. The normalized spacial score (nSPS) is 19.9. The fourth-order valence-electron chi connectivity index (χ4n) is 2.36. The summed E-state index contributed by atoms with van der Waals surface area (Å²) >= 11 is 0. The maximum Gasteiger partial charge on any atom is 0.329 e. The van der Waals surface area contributed by atoms with Crippen molar-refractivity contribution in [2.24, 2.45) is 5.92 Å². The Morgan fingerprint density at radius 2 is 2.00 bits per heavy atom. The second-order valence-electron chi connectivity index (χ2n) is 6.09. The Bertz CT molecular complexity index is 353. The van der Waals surface area contributed by atoms with Crippen LogP contribution in [0.4, 0.5) is 4.79 Å². The number of carbonyl (C=O) groups is 2. The van der Waals surface area contributed by atoms with Crippen molar-refractivity contribution in [1.82, 2.24) is 10.2 Å². The van der Waals surface area contributed by atoms with Gasteiger partial charge in [0.25, 0.3) is 0 Å². The molecule has 0 spiro atoms. The summed E-state index contributed by atoms with van der Waals surface area (Å²) < 4.78 is 5.27. The van der Waals surface area contributed by atoms with Crippen LogP contribution in [-0.2, 0) is 9.53 Å². The molecule has 2 atom stereocenters. The number of hydrogen-bond acceptors (Lipinski definition) is 3. The Hall–Kier alpha value is -1.30. The first kappa shape index (κ1) is 16.8. The van der Waals surface area contributed by atoms with E-state index in [1.807, 2.05) is 13.8 Å². The maximum absolute atomic E-state index is 12.0. The average molecular weight is 286 g/mol. The van der Waals surface area contributed by atoms with Gasteiger partial charge in [-0.3, -0.25) is 0 Å². The Kier molecular flexibility index (Phi) is 5.80. The van der Waals surface area contributed by atoms with Gasteiger partial charge in [-0.05, 0) is 26.2 Å². The quantitative estimate of drug-likeness (QED) is 0.746. The summed E-state index contributed by atoms with van der Waals surface area (Å²) in [6.45, 7) is 8.68. The molecule has 1 aliphatic rings. The molecule has 1 fully saturated rings. The fourth-order valence-corrected chi connectivity index (χ4v) is 2.36. The van der Waals surface area contributed by atoms with Gasteiger partial charge in [0.1, 0.15) is 12.2 Å². The van der Waals surface area contributed by atoms with Gasteiger partial charge in [-0.2, -0.15) is 0 Å². The first-order valence-corrected chi connectivity index (χ1v) is 7.17. The van der Waals surface area contributed by atoms with Crippen LogP contribution in [0.5, 0.6) is 0 Å². The molecule has 0 aliphatic carbocycles. The van der Waals surface area contributed by atoms with E-state index in [4.69, 9.17) is 9.84 Å². The molecule has 6 nitrogen and oxygen atoms in total. The highest BCUT2D eigenvalue weighted by atomic mass is 16.5. The molecule has 1 saturated heterocycles. The lowest BCUT2D eigenvalue weighted by Crippen LogP contribution is -2.65. The van der Waals surface area contributed by atoms with Crippen LogP contribution in [0.2, 0.25) is 0 Å². The van der Waals surface area contributed by atoms with E-state index in [1.54, 1.807) is 4.90 Å². The number of ether oxygens (including phenoxy) is 1. The molecule has 116 valence electrons. The number of aliphatic carboxylic acids is 1. The molecule has 20 heavy (non-hydrogen) atoms. The third-order valence-electron chi connectivity index (χ3n) is 3.70. The maximum atomic E-state index is 12.0. The first-order chi connectivity index (χ1) is 9.25. The second kappa shape index (κ2) is 6.92. The van der Waals surface area contributed by atoms with E-state index in [0.29, 0.717) is 19.0 Å². The number of carboxylic acids is 1. The molecule has 0 radical (unpaired) electrons. The molecule has 0 aromatic carbocycles. The van der Waals surface area contributed by atoms with Crippen LogP contribution in [0.25, 0.3) is 0 Å². The van der Waals surface area contributed by atoms with E-state index in [-0.39, 0.29) is 18.7 Å². The molecular weight excluding hydrogens is 260 g/mol. The van der Waals surface area contributed by atoms with Crippen LogP contribution in [0.3, 0.4) is 0 Å². The van der Waals surface area contributed by atoms with Crippen LogP contribution in [0, 0.1) is 5.92 Å². The molecule has 0 aromatic heterocycles. The number of urea groups is 1. The summed E-state index contributed by atoms with van der Waals surface area (Å²) in [5.74, 6) is -0.401. The van der Waals surface area contributed by atoms with Crippen molar-refractivity contribution in [3.63, 3.8) is 0 Å². The standard InChI is InChI=1S/C14H26N2O4/c1-5-10(2)6-11(3)15-13(19)16-8-14(4,9-16)20-7-12(17)18/h10-11H,5-9H2,1-4H3,(H,15,19)(H,17,18). The van der Waals surface area contributed by atoms with Gasteiger partial charge in [-0.25, -0.2) is 9.59 Å². The van der Waals surface area contributed by atoms with Crippen molar-refractivity contribution in [2.45, 2.75) is 52.2 Å². The molecule has 0 saturated carbocycles. The zero-order valence-corrected chi connectivity index (χ0v) is 12.8. The average Bonchev–Trinajstić information content (AvgIpc) is 2.32. The molecule has 1 rings (SSSR count). The third kappa shape index (κ3) is 5.00. The Labute approximate surface area is 120 Å². The Morgan fingerprint density at radius 1 is 1.40 bits per heavy atom. The van der Waals surface area contributed by atoms with Crippen LogP contribution in [-0.4, -0.2) is 53.3 Å². The van der Waals surface area contributed by atoms with Gasteiger partial charge >= 0.3 is 12.0 Å². The van der Waals surface area contributed by atoms with Crippen molar-refractivity contribution in [1.29, 1.82) is 0 Å². The molecule has 2 unspecified atom stereocenters. The number of amides is 2. The fraction of sp³-hybridized carbons (Fsp3) is 0.857. The summed E-state index contributed by atoms with van der Waals surface area (Å²) in [4.78, 5) is 24.1. The van der Waals surface area contributed by atoms with Crippen LogP contribution in [0.1, 0.15) is 40.5 Å². The monoisotopic (exact) mass is 286 g/mol. The Morgan fingerprint density at radius 3 is 2.50 bits per heavy atom. The molecule has 0 aromatic rings. The highest BCUT2D eigenvalue weighted by Gasteiger charge is 2.42. The zero-order chi connectivity index (χ0) is 15.3. The number of nitrogens with one attached hydrogen (secondary N) is 1. The van der Waals surface area contributed by atoms with Crippen molar-refractivity contribution in [2.75, 3.05) is 19.7 Å². The van der Waals surface area contributed by atoms with Gasteiger partial charge in [0.2, 0.25) is 0 Å². The van der Waals surface area contributed by atoms with E-state index >= 15 is 0 Å². The predicted molar refractivity (Wildman–Crippen MR) is 75.6 cm³/mol. The summed E-state index contributed by atoms with van der Waals surface area (Å²) in [5, 5.41) is 11.5. The molecule has 0 bridgehead atoms. The number of carbonyl (C=O) groups excluding carboxylic acids is 1. The topological polar surface area (TPSA) is 78.9 Å². The van der Waals surface area contributed by atoms with Gasteiger partial charge in [0.15, 0.2) is 0 Å². The summed E-state index contributed by atoms with van der Waals surface area (Å²) in [7, 11) is 0. The smallest absolute Gasteiger partial charge is 0.329 e. The lowest BCUT2D eigenvalue weighted by atomic mass is 9.96. The highest BCUT2D eigenvalue weighted by molar-refractivity contribution is 5.75. The van der Waals surface area contributed by atoms with Crippen molar-refractivity contribution >= 4 is 12.0 Å². The van der Waals surface area contributed by atoms with Crippen LogP contribution < -0.4 is 5.32 Å². The van der Waals surface area contributed by atoms with E-state index in [0.717, 1.165) is 12.8 Å². The van der Waals surface area contributed by atoms with Gasteiger partial charge in [0.05, 0.1) is 13.1 Å². The van der Waals surface area contributed by atoms with Gasteiger partial charge < -0.3 is 20.1 Å². The van der Waals surface area contributed by atoms with Gasteiger partial charge in [-0.15, -0.1) is 0 Å². The van der Waals surface area contributed by atoms with E-state index < -0.39 is 11.6 Å². The minimum atomic E-state index is -0.990. The largest absolute Gasteiger partial charge is 0.480 e. The van der Waals surface area contributed by atoms with Crippen molar-refractivity contribution in [3.05, 3.63) is 0 Å². The molecule has 1 heterocycles. The summed E-state index contributed by atoms with van der Waals surface area (Å²) in [6, 6.07) is 0.0430. The van der Waals surface area contributed by atoms with E-state index in [9.17, 15) is 9.59 Å². The molecule has 2 amide bonds. The number of nitrogens with zero attached hydrogens (tertiary/aromatic N) is 1. The van der Waals surface area contributed by atoms with Crippen LogP contribution >= 0.6 is 0 Å². The number of rotatable bonds is 7.